The molecule has 4 nitrogen and oxygen atoms in total. The van der Waals surface area contributed by atoms with Gasteiger partial charge in [-0.25, -0.2) is 8.42 Å². The van der Waals surface area contributed by atoms with Crippen molar-refractivity contribution in [3.63, 3.8) is 0 Å². The van der Waals surface area contributed by atoms with Gasteiger partial charge in [-0.05, 0) is 17.7 Å². The molecule has 1 unspecified atom stereocenters. The van der Waals surface area contributed by atoms with Crippen molar-refractivity contribution in [2.75, 3.05) is 19.7 Å². The molecule has 0 aromatic heterocycles. The van der Waals surface area contributed by atoms with Crippen molar-refractivity contribution >= 4 is 33.2 Å². The van der Waals surface area contributed by atoms with Crippen LogP contribution in [0.1, 0.15) is 17.2 Å². The van der Waals surface area contributed by atoms with E-state index in [0.717, 1.165) is 5.56 Å². The second-order valence-electron chi connectivity index (χ2n) is 5.59. The van der Waals surface area contributed by atoms with Crippen LogP contribution in [0.5, 0.6) is 0 Å². The second kappa shape index (κ2) is 7.42. The van der Waals surface area contributed by atoms with Gasteiger partial charge in [-0.3, -0.25) is 0 Å². The van der Waals surface area contributed by atoms with E-state index in [0.29, 0.717) is 28.8 Å². The van der Waals surface area contributed by atoms with E-state index >= 15 is 0 Å². The van der Waals surface area contributed by atoms with E-state index in [9.17, 15) is 8.42 Å². The average molecular weight is 386 g/mol. The van der Waals surface area contributed by atoms with Gasteiger partial charge in [0.05, 0.1) is 18.5 Å². The molecule has 2 aromatic rings. The normalized spacial score (nSPS) is 19.3. The van der Waals surface area contributed by atoms with Crippen LogP contribution in [-0.4, -0.2) is 32.4 Å². The van der Waals surface area contributed by atoms with E-state index in [1.165, 1.54) is 4.31 Å². The van der Waals surface area contributed by atoms with E-state index in [2.05, 4.69) is 0 Å². The summed E-state index contributed by atoms with van der Waals surface area (Å²) < 4.78 is 32.7. The lowest BCUT2D eigenvalue weighted by Gasteiger charge is -2.32. The predicted molar refractivity (Wildman–Crippen MR) is 95.8 cm³/mol. The molecule has 0 N–H and O–H groups in total. The van der Waals surface area contributed by atoms with E-state index < -0.39 is 10.0 Å². The summed E-state index contributed by atoms with van der Waals surface area (Å²) in [4.78, 5) is 0. The van der Waals surface area contributed by atoms with Crippen molar-refractivity contribution in [2.45, 2.75) is 11.9 Å². The maximum Gasteiger partial charge on any atom is 0.218 e. The van der Waals surface area contributed by atoms with Crippen LogP contribution in [0.4, 0.5) is 0 Å². The van der Waals surface area contributed by atoms with Crippen LogP contribution in [-0.2, 0) is 20.5 Å². The highest BCUT2D eigenvalue weighted by molar-refractivity contribution is 7.88. The molecular formula is C17H17Cl2NO3S. The summed E-state index contributed by atoms with van der Waals surface area (Å²) in [5.74, 6) is -0.123. The van der Waals surface area contributed by atoms with Crippen LogP contribution in [0, 0.1) is 0 Å². The van der Waals surface area contributed by atoms with Crippen LogP contribution in [0.25, 0.3) is 0 Å². The van der Waals surface area contributed by atoms with E-state index in [1.807, 2.05) is 18.2 Å². The number of ether oxygens (including phenoxy) is 1. The maximum absolute atomic E-state index is 12.7. The van der Waals surface area contributed by atoms with Crippen molar-refractivity contribution in [2.24, 2.45) is 0 Å². The lowest BCUT2D eigenvalue weighted by atomic mass is 10.1. The molecule has 0 aliphatic carbocycles. The Hall–Kier alpha value is -1.11. The minimum Gasteiger partial charge on any atom is -0.371 e. The molecule has 1 aliphatic rings. The number of benzene rings is 2. The third kappa shape index (κ3) is 3.92. The van der Waals surface area contributed by atoms with Crippen molar-refractivity contribution in [1.29, 1.82) is 0 Å². The molecule has 24 heavy (non-hydrogen) atoms. The van der Waals surface area contributed by atoms with Crippen molar-refractivity contribution in [1.82, 2.24) is 4.31 Å². The molecule has 0 radical (unpaired) electrons. The average Bonchev–Trinajstić information content (AvgIpc) is 2.57. The van der Waals surface area contributed by atoms with Crippen molar-refractivity contribution < 1.29 is 13.2 Å². The zero-order valence-corrected chi connectivity index (χ0v) is 15.2. The lowest BCUT2D eigenvalue weighted by Crippen LogP contribution is -2.42. The summed E-state index contributed by atoms with van der Waals surface area (Å²) in [5.41, 5.74) is 1.40. The number of hydrogen-bond acceptors (Lipinski definition) is 3. The number of nitrogens with zero attached hydrogens (tertiary/aromatic N) is 1. The molecule has 1 atom stereocenters. The van der Waals surface area contributed by atoms with Crippen molar-refractivity contribution in [3.8, 4) is 0 Å². The van der Waals surface area contributed by atoms with Gasteiger partial charge < -0.3 is 4.74 Å². The van der Waals surface area contributed by atoms with Gasteiger partial charge in [0.25, 0.3) is 0 Å². The highest BCUT2D eigenvalue weighted by Crippen LogP contribution is 2.30. The first kappa shape index (κ1) is 17.7. The Labute approximate surface area is 152 Å². The lowest BCUT2D eigenvalue weighted by molar-refractivity contribution is -0.00254. The SMILES string of the molecule is O=S(=O)(Cc1ccccc1Cl)N1CCOC(c2ccccc2Cl)C1. The van der Waals surface area contributed by atoms with E-state index in [4.69, 9.17) is 27.9 Å². The van der Waals surface area contributed by atoms with Crippen LogP contribution < -0.4 is 0 Å². The highest BCUT2D eigenvalue weighted by Gasteiger charge is 2.31. The number of morpholine rings is 1. The Morgan fingerprint density at radius 1 is 1.04 bits per heavy atom. The number of hydrogen-bond donors (Lipinski definition) is 0. The minimum atomic E-state index is -3.49. The first-order valence-corrected chi connectivity index (χ1v) is 9.91. The maximum atomic E-state index is 12.7. The molecule has 128 valence electrons. The van der Waals surface area contributed by atoms with Crippen LogP contribution in [0.15, 0.2) is 48.5 Å². The molecule has 0 saturated carbocycles. The molecule has 0 spiro atoms. The zero-order chi connectivity index (χ0) is 17.2. The summed E-state index contributed by atoms with van der Waals surface area (Å²) in [5, 5.41) is 1.03. The van der Waals surface area contributed by atoms with E-state index in [1.54, 1.807) is 30.3 Å². The van der Waals surface area contributed by atoms with Gasteiger partial charge in [0.1, 0.15) is 0 Å². The molecule has 1 fully saturated rings. The number of rotatable bonds is 4. The third-order valence-electron chi connectivity index (χ3n) is 3.97. The fraction of sp³-hybridized carbons (Fsp3) is 0.294. The first-order valence-electron chi connectivity index (χ1n) is 7.54. The molecule has 3 rings (SSSR count). The minimum absolute atomic E-state index is 0.123. The molecule has 1 saturated heterocycles. The van der Waals surface area contributed by atoms with Gasteiger partial charge >= 0.3 is 0 Å². The fourth-order valence-electron chi connectivity index (χ4n) is 2.71. The largest absolute Gasteiger partial charge is 0.371 e. The number of sulfonamides is 1. The second-order valence-corrected chi connectivity index (χ2v) is 8.37. The summed E-state index contributed by atoms with van der Waals surface area (Å²) in [7, 11) is -3.49. The van der Waals surface area contributed by atoms with Gasteiger partial charge in [-0.2, -0.15) is 4.31 Å². The van der Waals surface area contributed by atoms with Crippen LogP contribution >= 0.6 is 23.2 Å². The topological polar surface area (TPSA) is 46.6 Å². The van der Waals surface area contributed by atoms with Gasteiger partial charge in [0.2, 0.25) is 10.0 Å². The Balaban J connectivity index is 1.79. The Bertz CT molecular complexity index is 826. The van der Waals surface area contributed by atoms with Crippen LogP contribution in [0.3, 0.4) is 0 Å². The summed E-state index contributed by atoms with van der Waals surface area (Å²) in [6.07, 6.45) is -0.367. The quantitative estimate of drug-likeness (QED) is 0.801. The fourth-order valence-corrected chi connectivity index (χ4v) is 4.79. The summed E-state index contributed by atoms with van der Waals surface area (Å²) in [6, 6.07) is 14.3. The Morgan fingerprint density at radius 3 is 2.42 bits per heavy atom. The molecular weight excluding hydrogens is 369 g/mol. The highest BCUT2D eigenvalue weighted by atomic mass is 35.5. The molecule has 0 amide bonds. The monoisotopic (exact) mass is 385 g/mol. The van der Waals surface area contributed by atoms with Gasteiger partial charge in [-0.1, -0.05) is 59.6 Å². The Kier molecular flexibility index (Phi) is 5.47. The number of halogens is 2. The molecule has 1 aliphatic heterocycles. The Morgan fingerprint density at radius 2 is 1.71 bits per heavy atom. The summed E-state index contributed by atoms with van der Waals surface area (Å²) >= 11 is 12.3. The molecule has 1 heterocycles. The van der Waals surface area contributed by atoms with Crippen molar-refractivity contribution in [3.05, 3.63) is 69.7 Å². The van der Waals surface area contributed by atoms with Gasteiger partial charge in [0, 0.05) is 28.7 Å². The van der Waals surface area contributed by atoms with Crippen LogP contribution in [0.2, 0.25) is 10.0 Å². The standard InChI is InChI=1S/C17H17Cl2NO3S/c18-15-7-3-1-5-13(15)12-24(21,22)20-9-10-23-17(11-20)14-6-2-4-8-16(14)19/h1-8,17H,9-12H2. The van der Waals surface area contributed by atoms with Gasteiger partial charge in [-0.15, -0.1) is 0 Å². The first-order chi connectivity index (χ1) is 11.5. The van der Waals surface area contributed by atoms with E-state index in [-0.39, 0.29) is 18.4 Å². The zero-order valence-electron chi connectivity index (χ0n) is 12.9. The predicted octanol–water partition coefficient (Wildman–Crippen LogP) is 3.90. The molecule has 0 bridgehead atoms. The molecule has 7 heteroatoms. The molecule has 2 aromatic carbocycles. The summed E-state index contributed by atoms with van der Waals surface area (Å²) in [6.45, 7) is 0.905. The van der Waals surface area contributed by atoms with Gasteiger partial charge in [0.15, 0.2) is 0 Å². The third-order valence-corrected chi connectivity index (χ3v) is 6.48. The smallest absolute Gasteiger partial charge is 0.218 e.